The summed E-state index contributed by atoms with van der Waals surface area (Å²) in [5, 5.41) is 4.19. The van der Waals surface area contributed by atoms with Crippen LogP contribution in [0.4, 0.5) is 5.95 Å². The van der Waals surface area contributed by atoms with E-state index in [0.717, 1.165) is 42.8 Å². The molecular weight excluding hydrogens is 314 g/mol. The van der Waals surface area contributed by atoms with E-state index in [9.17, 15) is 4.79 Å². The molecule has 128 valence electrons. The number of hydrogen-bond donors (Lipinski definition) is 2. The number of nitrogens with zero attached hydrogens (tertiary/aromatic N) is 3. The highest BCUT2D eigenvalue weighted by atomic mass is 16.1. The Labute approximate surface area is 146 Å². The van der Waals surface area contributed by atoms with E-state index >= 15 is 0 Å². The van der Waals surface area contributed by atoms with Crippen molar-refractivity contribution in [3.8, 4) is 0 Å². The molecule has 1 amide bonds. The molecule has 0 saturated carbocycles. The Kier molecular flexibility index (Phi) is 4.33. The Hall–Kier alpha value is -2.89. The van der Waals surface area contributed by atoms with Gasteiger partial charge < -0.3 is 15.2 Å². The number of aromatic amines is 1. The number of carbonyl (C=O) groups excluding carboxylic acids is 1. The molecule has 0 spiro atoms. The van der Waals surface area contributed by atoms with Gasteiger partial charge in [-0.2, -0.15) is 0 Å². The monoisotopic (exact) mass is 335 g/mol. The minimum atomic E-state index is -0.0235. The Bertz CT molecular complexity index is 860. The van der Waals surface area contributed by atoms with Crippen molar-refractivity contribution in [1.82, 2.24) is 20.3 Å². The van der Waals surface area contributed by atoms with Gasteiger partial charge in [0.1, 0.15) is 0 Å². The van der Waals surface area contributed by atoms with Gasteiger partial charge in [-0.15, -0.1) is 0 Å². The number of rotatable bonds is 4. The molecule has 1 saturated heterocycles. The predicted molar refractivity (Wildman–Crippen MR) is 97.6 cm³/mol. The molecule has 0 radical (unpaired) electrons. The van der Waals surface area contributed by atoms with Crippen LogP contribution >= 0.6 is 0 Å². The highest BCUT2D eigenvalue weighted by molar-refractivity contribution is 5.97. The Morgan fingerprint density at radius 3 is 3.04 bits per heavy atom. The van der Waals surface area contributed by atoms with Crippen molar-refractivity contribution in [2.45, 2.75) is 12.8 Å². The number of piperidine rings is 1. The van der Waals surface area contributed by atoms with E-state index in [1.54, 1.807) is 12.4 Å². The topological polar surface area (TPSA) is 73.9 Å². The number of hydrogen-bond acceptors (Lipinski definition) is 4. The average molecular weight is 335 g/mol. The summed E-state index contributed by atoms with van der Waals surface area (Å²) in [7, 11) is 0. The zero-order valence-corrected chi connectivity index (χ0v) is 14.0. The number of H-pyrrole nitrogens is 1. The van der Waals surface area contributed by atoms with Gasteiger partial charge in [0.15, 0.2) is 0 Å². The molecule has 1 aliphatic heterocycles. The van der Waals surface area contributed by atoms with Crippen LogP contribution in [0, 0.1) is 5.92 Å². The maximum Gasteiger partial charge on any atom is 0.251 e. The third-order valence-corrected chi connectivity index (χ3v) is 4.72. The predicted octanol–water partition coefficient (Wildman–Crippen LogP) is 2.60. The molecule has 2 aromatic heterocycles. The van der Waals surface area contributed by atoms with Crippen molar-refractivity contribution >= 4 is 22.8 Å². The zero-order valence-electron chi connectivity index (χ0n) is 14.0. The minimum absolute atomic E-state index is 0.0235. The summed E-state index contributed by atoms with van der Waals surface area (Å²) >= 11 is 0. The first kappa shape index (κ1) is 15.6. The van der Waals surface area contributed by atoms with Gasteiger partial charge in [0.05, 0.1) is 0 Å². The number of benzene rings is 1. The van der Waals surface area contributed by atoms with Crippen LogP contribution in [-0.4, -0.2) is 40.5 Å². The van der Waals surface area contributed by atoms with E-state index in [-0.39, 0.29) is 5.91 Å². The quantitative estimate of drug-likeness (QED) is 0.768. The molecule has 1 aliphatic rings. The van der Waals surface area contributed by atoms with Gasteiger partial charge in [-0.05, 0) is 48.4 Å². The number of carbonyl (C=O) groups is 1. The van der Waals surface area contributed by atoms with Crippen LogP contribution in [-0.2, 0) is 0 Å². The number of anilines is 1. The molecule has 1 fully saturated rings. The summed E-state index contributed by atoms with van der Waals surface area (Å²) in [6.45, 7) is 2.52. The van der Waals surface area contributed by atoms with E-state index in [1.165, 1.54) is 0 Å². The molecule has 6 heteroatoms. The molecule has 1 unspecified atom stereocenters. The molecule has 2 N–H and O–H groups in total. The molecule has 0 bridgehead atoms. The molecule has 1 atom stereocenters. The summed E-state index contributed by atoms with van der Waals surface area (Å²) in [5.74, 6) is 1.16. The Balaban J connectivity index is 1.36. The van der Waals surface area contributed by atoms with Gasteiger partial charge in [-0.1, -0.05) is 6.07 Å². The van der Waals surface area contributed by atoms with Gasteiger partial charge in [0, 0.05) is 49.3 Å². The number of fused-ring (bicyclic) bond motifs is 1. The summed E-state index contributed by atoms with van der Waals surface area (Å²) < 4.78 is 0. The van der Waals surface area contributed by atoms with Crippen LogP contribution in [0.5, 0.6) is 0 Å². The van der Waals surface area contributed by atoms with Gasteiger partial charge in [-0.3, -0.25) is 4.79 Å². The highest BCUT2D eigenvalue weighted by Gasteiger charge is 2.22. The SMILES string of the molecule is O=C(NCC1CCCN(c2ncccn2)C1)c1ccc2cc[nH]c2c1. The largest absolute Gasteiger partial charge is 0.361 e. The second-order valence-corrected chi connectivity index (χ2v) is 6.49. The number of amides is 1. The molecule has 4 rings (SSSR count). The van der Waals surface area contributed by atoms with Crippen molar-refractivity contribution in [1.29, 1.82) is 0 Å². The van der Waals surface area contributed by atoms with E-state index in [1.807, 2.05) is 36.5 Å². The fourth-order valence-electron chi connectivity index (χ4n) is 3.40. The van der Waals surface area contributed by atoms with Crippen LogP contribution in [0.25, 0.3) is 10.9 Å². The molecule has 6 nitrogen and oxygen atoms in total. The van der Waals surface area contributed by atoms with Crippen molar-refractivity contribution in [3.63, 3.8) is 0 Å². The van der Waals surface area contributed by atoms with E-state index in [4.69, 9.17) is 0 Å². The molecule has 1 aromatic carbocycles. The van der Waals surface area contributed by atoms with Gasteiger partial charge >= 0.3 is 0 Å². The number of aromatic nitrogens is 3. The lowest BCUT2D eigenvalue weighted by Gasteiger charge is -2.32. The first-order chi connectivity index (χ1) is 12.3. The molecule has 25 heavy (non-hydrogen) atoms. The van der Waals surface area contributed by atoms with Crippen LogP contribution in [0.1, 0.15) is 23.2 Å². The summed E-state index contributed by atoms with van der Waals surface area (Å²) in [5.41, 5.74) is 1.67. The number of nitrogens with one attached hydrogen (secondary N) is 2. The van der Waals surface area contributed by atoms with Crippen LogP contribution < -0.4 is 10.2 Å². The smallest absolute Gasteiger partial charge is 0.251 e. The van der Waals surface area contributed by atoms with E-state index in [0.29, 0.717) is 18.0 Å². The maximum atomic E-state index is 12.4. The third-order valence-electron chi connectivity index (χ3n) is 4.72. The average Bonchev–Trinajstić information content (AvgIpc) is 3.15. The fraction of sp³-hybridized carbons (Fsp3) is 0.316. The van der Waals surface area contributed by atoms with E-state index in [2.05, 4.69) is 25.2 Å². The van der Waals surface area contributed by atoms with Gasteiger partial charge in [-0.25, -0.2) is 9.97 Å². The summed E-state index contributed by atoms with van der Waals surface area (Å²) in [6.07, 6.45) is 7.62. The van der Waals surface area contributed by atoms with Crippen molar-refractivity contribution in [3.05, 3.63) is 54.5 Å². The van der Waals surface area contributed by atoms with E-state index < -0.39 is 0 Å². The molecule has 3 heterocycles. The lowest BCUT2D eigenvalue weighted by Crippen LogP contribution is -2.41. The highest BCUT2D eigenvalue weighted by Crippen LogP contribution is 2.20. The first-order valence-electron chi connectivity index (χ1n) is 8.67. The minimum Gasteiger partial charge on any atom is -0.361 e. The van der Waals surface area contributed by atoms with Crippen molar-refractivity contribution < 1.29 is 4.79 Å². The van der Waals surface area contributed by atoms with Crippen molar-refractivity contribution in [2.24, 2.45) is 5.92 Å². The Morgan fingerprint density at radius 1 is 1.28 bits per heavy atom. The molecule has 3 aromatic rings. The van der Waals surface area contributed by atoms with Gasteiger partial charge in [0.2, 0.25) is 5.95 Å². The van der Waals surface area contributed by atoms with Crippen LogP contribution in [0.15, 0.2) is 48.9 Å². The fourth-order valence-corrected chi connectivity index (χ4v) is 3.40. The van der Waals surface area contributed by atoms with Gasteiger partial charge in [0.25, 0.3) is 5.91 Å². The van der Waals surface area contributed by atoms with Crippen molar-refractivity contribution in [2.75, 3.05) is 24.5 Å². The first-order valence-corrected chi connectivity index (χ1v) is 8.67. The molecule has 0 aliphatic carbocycles. The molecular formula is C19H21N5O. The second-order valence-electron chi connectivity index (χ2n) is 6.49. The third kappa shape index (κ3) is 3.47. The summed E-state index contributed by atoms with van der Waals surface area (Å²) in [6, 6.07) is 9.56. The normalized spacial score (nSPS) is 17.6. The maximum absolute atomic E-state index is 12.4. The standard InChI is InChI=1S/C19H21N5O/c25-18(16-5-4-15-6-9-20-17(15)11-16)23-12-14-3-1-10-24(13-14)19-21-7-2-8-22-19/h2,4-9,11,14,20H,1,3,10,12-13H2,(H,23,25). The lowest BCUT2D eigenvalue weighted by molar-refractivity contribution is 0.0945. The lowest BCUT2D eigenvalue weighted by atomic mass is 9.98. The Morgan fingerprint density at radius 2 is 2.16 bits per heavy atom. The second kappa shape index (κ2) is 6.93. The summed E-state index contributed by atoms with van der Waals surface area (Å²) in [4.78, 5) is 26.4. The zero-order chi connectivity index (χ0) is 17.1. The van der Waals surface area contributed by atoms with Crippen LogP contribution in [0.2, 0.25) is 0 Å². The van der Waals surface area contributed by atoms with Crippen LogP contribution in [0.3, 0.4) is 0 Å².